The van der Waals surface area contributed by atoms with Crippen LogP contribution < -0.4 is 10.2 Å². The summed E-state index contributed by atoms with van der Waals surface area (Å²) >= 11 is 1.36. The van der Waals surface area contributed by atoms with E-state index in [-0.39, 0.29) is 29.6 Å². The summed E-state index contributed by atoms with van der Waals surface area (Å²) in [5.74, 6) is 0.468. The molecule has 0 unspecified atom stereocenters. The van der Waals surface area contributed by atoms with Crippen molar-refractivity contribution in [2.75, 3.05) is 16.4 Å². The van der Waals surface area contributed by atoms with Gasteiger partial charge in [0, 0.05) is 6.42 Å². The van der Waals surface area contributed by atoms with E-state index in [2.05, 4.69) is 29.4 Å². The van der Waals surface area contributed by atoms with Crippen molar-refractivity contribution in [3.05, 3.63) is 5.01 Å². The van der Waals surface area contributed by atoms with Crippen LogP contribution in [0, 0.1) is 5.92 Å². The Morgan fingerprint density at radius 1 is 1.40 bits per heavy atom. The molecule has 0 aromatic carbocycles. The van der Waals surface area contributed by atoms with Gasteiger partial charge in [-0.1, -0.05) is 25.2 Å². The fourth-order valence-corrected chi connectivity index (χ4v) is 5.60. The van der Waals surface area contributed by atoms with Crippen LogP contribution in [0.4, 0.5) is 9.93 Å². The molecule has 1 aromatic heterocycles. The van der Waals surface area contributed by atoms with Gasteiger partial charge in [-0.2, -0.15) is 0 Å². The first-order chi connectivity index (χ1) is 9.35. The summed E-state index contributed by atoms with van der Waals surface area (Å²) in [6, 6.07) is -0.959. The smallest absolute Gasteiger partial charge is 0.324 e. The predicted molar refractivity (Wildman–Crippen MR) is 75.7 cm³/mol. The number of urea groups is 1. The first kappa shape index (κ1) is 13.7. The molecule has 9 heteroatoms. The Morgan fingerprint density at radius 2 is 2.15 bits per heavy atom. The average Bonchev–Trinajstić information content (AvgIpc) is 2.90. The van der Waals surface area contributed by atoms with Gasteiger partial charge >= 0.3 is 6.03 Å². The molecule has 0 saturated carbocycles. The lowest BCUT2D eigenvalue weighted by Crippen LogP contribution is -2.36. The molecule has 3 rings (SSSR count). The van der Waals surface area contributed by atoms with Gasteiger partial charge in [-0.15, -0.1) is 10.2 Å². The third kappa shape index (κ3) is 2.39. The Kier molecular flexibility index (Phi) is 3.20. The molecule has 7 nitrogen and oxygen atoms in total. The minimum Gasteiger partial charge on any atom is -0.332 e. The van der Waals surface area contributed by atoms with Crippen molar-refractivity contribution in [3.63, 3.8) is 0 Å². The van der Waals surface area contributed by atoms with Crippen molar-refractivity contribution in [1.82, 2.24) is 15.5 Å². The summed E-state index contributed by atoms with van der Waals surface area (Å²) < 4.78 is 23.3. The predicted octanol–water partition coefficient (Wildman–Crippen LogP) is 0.432. The topological polar surface area (TPSA) is 92.3 Å². The molecule has 2 atom stereocenters. The highest BCUT2D eigenvalue weighted by atomic mass is 32.2. The lowest BCUT2D eigenvalue weighted by molar-refractivity contribution is 0.251. The number of anilines is 1. The van der Waals surface area contributed by atoms with Gasteiger partial charge in [0.2, 0.25) is 5.13 Å². The largest absolute Gasteiger partial charge is 0.332 e. The minimum absolute atomic E-state index is 0.00446. The third-order valence-corrected chi connectivity index (χ3v) is 6.09. The molecule has 0 radical (unpaired) electrons. The molecule has 20 heavy (non-hydrogen) atoms. The van der Waals surface area contributed by atoms with Crippen molar-refractivity contribution in [2.24, 2.45) is 5.92 Å². The number of carbonyl (C=O) groups is 1. The molecule has 2 fully saturated rings. The quantitative estimate of drug-likeness (QED) is 0.817. The Hall–Kier alpha value is -1.22. The molecule has 1 N–H and O–H groups in total. The standard InChI is InChI=1S/C11H16N4O3S2/c1-6(2)3-9-13-14-11(19-9)15-8-5-20(17,18)4-7(8)12-10(15)16/h6-8H,3-5H2,1-2H3,(H,12,16)/t7-,8+/m0/s1. The summed E-state index contributed by atoms with van der Waals surface area (Å²) in [4.78, 5) is 13.4. The molecular weight excluding hydrogens is 300 g/mol. The molecule has 3 heterocycles. The van der Waals surface area contributed by atoms with Crippen LogP contribution in [-0.4, -0.2) is 48.2 Å². The number of hydrogen-bond donors (Lipinski definition) is 1. The Bertz CT molecular complexity index is 640. The van der Waals surface area contributed by atoms with Gasteiger partial charge in [0.05, 0.1) is 23.6 Å². The van der Waals surface area contributed by atoms with Gasteiger partial charge in [0.15, 0.2) is 9.84 Å². The zero-order valence-corrected chi connectivity index (χ0v) is 12.9. The fourth-order valence-electron chi connectivity index (χ4n) is 2.60. The van der Waals surface area contributed by atoms with E-state index in [9.17, 15) is 13.2 Å². The van der Waals surface area contributed by atoms with E-state index in [0.29, 0.717) is 11.0 Å². The van der Waals surface area contributed by atoms with Crippen LogP contribution >= 0.6 is 11.3 Å². The molecule has 2 aliphatic heterocycles. The maximum absolute atomic E-state index is 12.0. The molecule has 0 bridgehead atoms. The number of aromatic nitrogens is 2. The fraction of sp³-hybridized carbons (Fsp3) is 0.727. The zero-order valence-electron chi connectivity index (χ0n) is 11.2. The third-order valence-electron chi connectivity index (χ3n) is 3.43. The highest BCUT2D eigenvalue weighted by molar-refractivity contribution is 7.91. The second-order valence-electron chi connectivity index (χ2n) is 5.65. The number of nitrogens with one attached hydrogen (secondary N) is 1. The maximum atomic E-state index is 12.0. The van der Waals surface area contributed by atoms with Gasteiger partial charge in [-0.25, -0.2) is 13.2 Å². The normalized spacial score (nSPS) is 27.9. The van der Waals surface area contributed by atoms with Crippen LogP contribution in [0.15, 0.2) is 0 Å². The molecule has 110 valence electrons. The number of carbonyl (C=O) groups excluding carboxylic acids is 1. The van der Waals surface area contributed by atoms with E-state index in [4.69, 9.17) is 0 Å². The molecule has 2 aliphatic rings. The molecule has 2 saturated heterocycles. The van der Waals surface area contributed by atoms with Gasteiger partial charge < -0.3 is 5.32 Å². The monoisotopic (exact) mass is 316 g/mol. The number of rotatable bonds is 3. The summed E-state index contributed by atoms with van der Waals surface area (Å²) in [7, 11) is -3.08. The van der Waals surface area contributed by atoms with Crippen LogP contribution in [0.1, 0.15) is 18.9 Å². The number of amides is 2. The van der Waals surface area contributed by atoms with E-state index in [1.54, 1.807) is 0 Å². The molecular formula is C11H16N4O3S2. The second kappa shape index (κ2) is 4.66. The number of hydrogen-bond acceptors (Lipinski definition) is 6. The molecule has 0 aliphatic carbocycles. The summed E-state index contributed by atoms with van der Waals surface area (Å²) in [5.41, 5.74) is 0. The first-order valence-corrected chi connectivity index (χ1v) is 9.12. The average molecular weight is 316 g/mol. The second-order valence-corrected chi connectivity index (χ2v) is 8.84. The van der Waals surface area contributed by atoms with Crippen molar-refractivity contribution >= 4 is 32.3 Å². The van der Waals surface area contributed by atoms with E-state index >= 15 is 0 Å². The number of fused-ring (bicyclic) bond motifs is 1. The maximum Gasteiger partial charge on any atom is 0.324 e. The van der Waals surface area contributed by atoms with Crippen molar-refractivity contribution in [3.8, 4) is 0 Å². The number of nitrogens with zero attached hydrogens (tertiary/aromatic N) is 3. The Labute approximate surface area is 121 Å². The highest BCUT2D eigenvalue weighted by Crippen LogP contribution is 2.31. The molecule has 2 amide bonds. The molecule has 0 spiro atoms. The van der Waals surface area contributed by atoms with Gasteiger partial charge in [0.25, 0.3) is 0 Å². The molecule has 1 aromatic rings. The summed E-state index contributed by atoms with van der Waals surface area (Å²) in [6.07, 6.45) is 0.805. The van der Waals surface area contributed by atoms with Crippen LogP contribution in [0.3, 0.4) is 0 Å². The highest BCUT2D eigenvalue weighted by Gasteiger charge is 2.50. The zero-order chi connectivity index (χ0) is 14.5. The van der Waals surface area contributed by atoms with Gasteiger partial charge in [-0.3, -0.25) is 4.90 Å². The van der Waals surface area contributed by atoms with Crippen molar-refractivity contribution < 1.29 is 13.2 Å². The van der Waals surface area contributed by atoms with E-state index in [1.807, 2.05) is 0 Å². The van der Waals surface area contributed by atoms with Crippen LogP contribution in [0.5, 0.6) is 0 Å². The van der Waals surface area contributed by atoms with E-state index in [1.165, 1.54) is 16.2 Å². The van der Waals surface area contributed by atoms with Gasteiger partial charge in [0.1, 0.15) is 5.01 Å². The summed E-state index contributed by atoms with van der Waals surface area (Å²) in [5, 5.41) is 12.2. The van der Waals surface area contributed by atoms with Crippen LogP contribution in [0.2, 0.25) is 0 Å². The van der Waals surface area contributed by atoms with E-state index < -0.39 is 9.84 Å². The Morgan fingerprint density at radius 3 is 2.85 bits per heavy atom. The van der Waals surface area contributed by atoms with E-state index in [0.717, 1.165) is 11.4 Å². The lowest BCUT2D eigenvalue weighted by Gasteiger charge is -2.16. The van der Waals surface area contributed by atoms with Gasteiger partial charge in [-0.05, 0) is 5.92 Å². The Balaban J connectivity index is 1.85. The number of sulfone groups is 1. The van der Waals surface area contributed by atoms with Crippen LogP contribution in [-0.2, 0) is 16.3 Å². The van der Waals surface area contributed by atoms with Crippen molar-refractivity contribution in [1.29, 1.82) is 0 Å². The van der Waals surface area contributed by atoms with Crippen LogP contribution in [0.25, 0.3) is 0 Å². The minimum atomic E-state index is -3.08. The summed E-state index contributed by atoms with van der Waals surface area (Å²) in [6.45, 7) is 4.17. The first-order valence-electron chi connectivity index (χ1n) is 6.48. The van der Waals surface area contributed by atoms with Crippen molar-refractivity contribution in [2.45, 2.75) is 32.4 Å². The lowest BCUT2D eigenvalue weighted by atomic mass is 10.1. The SMILES string of the molecule is CC(C)Cc1nnc(N2C(=O)N[C@H]3CS(=O)(=O)C[C@H]32)s1.